The van der Waals surface area contributed by atoms with Crippen molar-refractivity contribution in [2.75, 3.05) is 30.0 Å². The van der Waals surface area contributed by atoms with Gasteiger partial charge in [0.15, 0.2) is 0 Å². The third-order valence-corrected chi connectivity index (χ3v) is 5.27. The summed E-state index contributed by atoms with van der Waals surface area (Å²) in [7, 11) is 1.56. The van der Waals surface area contributed by atoms with E-state index in [4.69, 9.17) is 4.74 Å². The fourth-order valence-electron chi connectivity index (χ4n) is 3.71. The van der Waals surface area contributed by atoms with E-state index in [2.05, 4.69) is 15.1 Å². The Morgan fingerprint density at radius 3 is 2.79 bits per heavy atom. The Morgan fingerprint density at radius 2 is 2.10 bits per heavy atom. The minimum absolute atomic E-state index is 0.128. The fourth-order valence-corrected chi connectivity index (χ4v) is 3.71. The van der Waals surface area contributed by atoms with Crippen LogP contribution in [0.15, 0.2) is 43.0 Å². The summed E-state index contributed by atoms with van der Waals surface area (Å²) in [5.74, 6) is 1.21. The maximum atomic E-state index is 13.4. The Balaban J connectivity index is 1.36. The molecule has 8 nitrogen and oxygen atoms in total. The molecule has 1 atom stereocenters. The fraction of sp³-hybridized carbons (Fsp3) is 0.300. The second-order valence-corrected chi connectivity index (χ2v) is 7.11. The highest BCUT2D eigenvalue weighted by Crippen LogP contribution is 2.30. The van der Waals surface area contributed by atoms with Crippen LogP contribution in [0.4, 0.5) is 15.9 Å². The molecule has 1 fully saturated rings. The number of anilines is 2. The molecule has 1 amide bonds. The van der Waals surface area contributed by atoms with Crippen molar-refractivity contribution in [2.45, 2.75) is 19.1 Å². The van der Waals surface area contributed by atoms with Gasteiger partial charge in [-0.25, -0.2) is 14.1 Å². The van der Waals surface area contributed by atoms with Gasteiger partial charge in [0.2, 0.25) is 0 Å². The zero-order valence-electron chi connectivity index (χ0n) is 15.8. The number of methoxy groups -OCH3 is 1. The van der Waals surface area contributed by atoms with Crippen LogP contribution in [0.25, 0.3) is 5.69 Å². The molecule has 0 unspecified atom stereocenters. The molecule has 0 N–H and O–H groups in total. The van der Waals surface area contributed by atoms with Gasteiger partial charge in [-0.1, -0.05) is 0 Å². The van der Waals surface area contributed by atoms with E-state index in [1.54, 1.807) is 47.5 Å². The molecule has 5 heterocycles. The number of nitrogens with zero attached hydrogens (tertiary/aromatic N) is 6. The van der Waals surface area contributed by atoms with E-state index in [1.165, 1.54) is 0 Å². The van der Waals surface area contributed by atoms with Gasteiger partial charge in [-0.2, -0.15) is 5.10 Å². The molecule has 0 saturated carbocycles. The number of pyridine rings is 2. The number of ether oxygens (including phenoxy) is 1. The van der Waals surface area contributed by atoms with Gasteiger partial charge in [0.1, 0.15) is 17.7 Å². The van der Waals surface area contributed by atoms with Crippen LogP contribution in [0, 0.1) is 0 Å². The summed E-state index contributed by atoms with van der Waals surface area (Å²) in [6, 6.07) is 5.51. The number of carbonyl (C=O) groups excluding carboxylic acids is 1. The van der Waals surface area contributed by atoms with E-state index < -0.39 is 6.17 Å². The van der Waals surface area contributed by atoms with E-state index in [1.807, 2.05) is 17.0 Å². The molecule has 29 heavy (non-hydrogen) atoms. The van der Waals surface area contributed by atoms with Crippen molar-refractivity contribution in [1.82, 2.24) is 19.7 Å². The molecule has 3 aromatic rings. The number of alkyl halides is 1. The predicted molar refractivity (Wildman–Crippen MR) is 104 cm³/mol. The number of carbonyl (C=O) groups is 1. The molecule has 148 valence electrons. The Hall–Kier alpha value is -3.49. The van der Waals surface area contributed by atoms with E-state index in [0.717, 1.165) is 11.5 Å². The summed E-state index contributed by atoms with van der Waals surface area (Å²) in [6.07, 6.45) is 6.38. The normalized spacial score (nSPS) is 18.4. The Morgan fingerprint density at radius 1 is 1.21 bits per heavy atom. The van der Waals surface area contributed by atoms with Crippen molar-refractivity contribution < 1.29 is 13.9 Å². The minimum atomic E-state index is -0.792. The maximum Gasteiger partial charge on any atom is 0.262 e. The third kappa shape index (κ3) is 3.08. The molecule has 2 aliphatic heterocycles. The highest BCUT2D eigenvalue weighted by Gasteiger charge is 2.32. The smallest absolute Gasteiger partial charge is 0.262 e. The molecule has 2 aliphatic rings. The monoisotopic (exact) mass is 394 g/mol. The number of hydrogen-bond donors (Lipinski definition) is 0. The van der Waals surface area contributed by atoms with Crippen molar-refractivity contribution in [1.29, 1.82) is 0 Å². The van der Waals surface area contributed by atoms with E-state index in [9.17, 15) is 9.18 Å². The van der Waals surface area contributed by atoms with Crippen molar-refractivity contribution in [3.8, 4) is 11.4 Å². The number of rotatable bonds is 4. The van der Waals surface area contributed by atoms with Crippen molar-refractivity contribution >= 4 is 17.4 Å². The summed E-state index contributed by atoms with van der Waals surface area (Å²) >= 11 is 0. The summed E-state index contributed by atoms with van der Waals surface area (Å²) < 4.78 is 20.2. The van der Waals surface area contributed by atoms with Crippen LogP contribution >= 0.6 is 0 Å². The van der Waals surface area contributed by atoms with Crippen LogP contribution in [-0.2, 0) is 6.54 Å². The molecule has 0 aliphatic carbocycles. The average molecular weight is 394 g/mol. The standard InChI is InChI=1S/C20H19FN6O2/c1-29-16-6-15(7-22-9-16)26-12-18-17(20(26)28)11-27(24-18)14-2-3-19(23-8-14)25-5-4-13(21)10-25/h2-3,6-9,11,13H,4-5,10,12H2,1H3/t13-/m1/s1. The van der Waals surface area contributed by atoms with E-state index in [0.29, 0.717) is 48.7 Å². The lowest BCUT2D eigenvalue weighted by Gasteiger charge is -2.17. The summed E-state index contributed by atoms with van der Waals surface area (Å²) in [6.45, 7) is 1.42. The zero-order chi connectivity index (χ0) is 20.0. The zero-order valence-corrected chi connectivity index (χ0v) is 15.8. The first-order valence-electron chi connectivity index (χ1n) is 9.37. The quantitative estimate of drug-likeness (QED) is 0.676. The highest BCUT2D eigenvalue weighted by atomic mass is 19.1. The molecule has 0 aromatic carbocycles. The van der Waals surface area contributed by atoms with Crippen LogP contribution in [-0.4, -0.2) is 52.0 Å². The van der Waals surface area contributed by atoms with Crippen LogP contribution in [0.1, 0.15) is 22.5 Å². The lowest BCUT2D eigenvalue weighted by atomic mass is 10.3. The molecule has 0 spiro atoms. The Labute approximate surface area is 166 Å². The third-order valence-electron chi connectivity index (χ3n) is 5.27. The lowest BCUT2D eigenvalue weighted by Crippen LogP contribution is -2.24. The Kier molecular flexibility index (Phi) is 4.15. The number of halogens is 1. The molecule has 1 saturated heterocycles. The van der Waals surface area contributed by atoms with Crippen LogP contribution in [0.2, 0.25) is 0 Å². The first kappa shape index (κ1) is 17.6. The van der Waals surface area contributed by atoms with Gasteiger partial charge >= 0.3 is 0 Å². The summed E-state index contributed by atoms with van der Waals surface area (Å²) in [4.78, 5) is 25.0. The van der Waals surface area contributed by atoms with E-state index in [-0.39, 0.29) is 5.91 Å². The number of amides is 1. The molecule has 9 heteroatoms. The number of aromatic nitrogens is 4. The van der Waals surface area contributed by atoms with Crippen LogP contribution in [0.3, 0.4) is 0 Å². The first-order valence-corrected chi connectivity index (χ1v) is 9.37. The molecule has 0 radical (unpaired) electrons. The molecular formula is C20H19FN6O2. The van der Waals surface area contributed by atoms with Gasteiger partial charge in [-0.3, -0.25) is 9.78 Å². The van der Waals surface area contributed by atoms with Crippen molar-refractivity contribution in [3.05, 3.63) is 54.2 Å². The van der Waals surface area contributed by atoms with Gasteiger partial charge < -0.3 is 14.5 Å². The lowest BCUT2D eigenvalue weighted by molar-refractivity contribution is 0.0996. The first-order chi connectivity index (χ1) is 14.1. The van der Waals surface area contributed by atoms with Crippen LogP contribution in [0.5, 0.6) is 5.75 Å². The second kappa shape index (κ2) is 6.84. The van der Waals surface area contributed by atoms with Crippen LogP contribution < -0.4 is 14.5 Å². The van der Waals surface area contributed by atoms with Gasteiger partial charge in [-0.15, -0.1) is 0 Å². The average Bonchev–Trinajstić information content (AvgIpc) is 3.44. The summed E-state index contributed by atoms with van der Waals surface area (Å²) in [5.41, 5.74) is 2.67. The summed E-state index contributed by atoms with van der Waals surface area (Å²) in [5, 5.41) is 4.56. The van der Waals surface area contributed by atoms with Gasteiger partial charge in [-0.05, 0) is 18.6 Å². The highest BCUT2D eigenvalue weighted by molar-refractivity contribution is 6.09. The van der Waals surface area contributed by atoms with Gasteiger partial charge in [0.25, 0.3) is 5.91 Å². The number of hydrogen-bond acceptors (Lipinski definition) is 6. The minimum Gasteiger partial charge on any atom is -0.495 e. The van der Waals surface area contributed by atoms with E-state index >= 15 is 0 Å². The molecular weight excluding hydrogens is 375 g/mol. The van der Waals surface area contributed by atoms with Gasteiger partial charge in [0.05, 0.1) is 61.4 Å². The molecule has 0 bridgehead atoms. The predicted octanol–water partition coefficient (Wildman–Crippen LogP) is 2.38. The topological polar surface area (TPSA) is 76.4 Å². The van der Waals surface area contributed by atoms with Crippen molar-refractivity contribution in [3.63, 3.8) is 0 Å². The number of fused-ring (bicyclic) bond motifs is 1. The van der Waals surface area contributed by atoms with Crippen molar-refractivity contribution in [2.24, 2.45) is 0 Å². The second-order valence-electron chi connectivity index (χ2n) is 7.11. The SMILES string of the molecule is COc1cncc(N2Cc3nn(-c4ccc(N5CC[C@@H](F)C5)nc4)cc3C2=O)c1. The maximum absolute atomic E-state index is 13.4. The molecule has 5 rings (SSSR count). The molecule has 3 aromatic heterocycles. The Bertz CT molecular complexity index is 1070. The van der Waals surface area contributed by atoms with Gasteiger partial charge in [0, 0.05) is 18.8 Å². The largest absolute Gasteiger partial charge is 0.495 e.